The fraction of sp³-hybridized carbons (Fsp3) is 0.500. The number of aryl methyl sites for hydroxylation is 1. The third-order valence-electron chi connectivity index (χ3n) is 3.82. The third-order valence-corrected chi connectivity index (χ3v) is 5.66. The van der Waals surface area contributed by atoms with E-state index in [0.717, 1.165) is 11.3 Å². The van der Waals surface area contributed by atoms with Crippen molar-refractivity contribution >= 4 is 21.7 Å². The average Bonchev–Trinajstić information content (AvgIpc) is 2.86. The van der Waals surface area contributed by atoms with Crippen LogP contribution in [0.25, 0.3) is 0 Å². The molecule has 1 fully saturated rings. The Morgan fingerprint density at radius 2 is 1.92 bits per heavy atom. The van der Waals surface area contributed by atoms with Gasteiger partial charge in [0, 0.05) is 6.42 Å². The molecule has 0 aliphatic carbocycles. The van der Waals surface area contributed by atoms with Gasteiger partial charge in [-0.3, -0.25) is 20.4 Å². The smallest absolute Gasteiger partial charge is 0.241 e. The van der Waals surface area contributed by atoms with Crippen LogP contribution in [0.4, 0.5) is 0 Å². The molecule has 1 aliphatic heterocycles. The average molecular weight is 354 g/mol. The second-order valence-electron chi connectivity index (χ2n) is 5.93. The van der Waals surface area contributed by atoms with E-state index in [2.05, 4.69) is 10.9 Å². The Balaban J connectivity index is 1.62. The molecule has 24 heavy (non-hydrogen) atoms. The van der Waals surface area contributed by atoms with Gasteiger partial charge in [0.15, 0.2) is 9.84 Å². The molecule has 1 atom stereocenters. The van der Waals surface area contributed by atoms with E-state index in [1.807, 2.05) is 31.2 Å². The van der Waals surface area contributed by atoms with E-state index in [9.17, 15) is 18.0 Å². The molecule has 2 N–H and O–H groups in total. The van der Waals surface area contributed by atoms with Gasteiger partial charge in [-0.15, -0.1) is 0 Å². The molecule has 7 nitrogen and oxygen atoms in total. The molecule has 0 aromatic heterocycles. The lowest BCUT2D eigenvalue weighted by Crippen LogP contribution is -2.42. The maximum atomic E-state index is 11.7. The van der Waals surface area contributed by atoms with Crippen molar-refractivity contribution in [2.24, 2.45) is 5.92 Å². The molecule has 0 saturated carbocycles. The topological polar surface area (TPSA) is 102 Å². The lowest BCUT2D eigenvalue weighted by atomic mass is 10.1. The molecule has 2 rings (SSSR count). The van der Waals surface area contributed by atoms with Crippen molar-refractivity contribution in [1.29, 1.82) is 0 Å². The van der Waals surface area contributed by atoms with Crippen molar-refractivity contribution < 1.29 is 22.7 Å². The molecule has 0 bridgehead atoms. The molecule has 1 aliphatic rings. The van der Waals surface area contributed by atoms with Crippen LogP contribution in [-0.4, -0.2) is 38.3 Å². The number of ether oxygens (including phenoxy) is 1. The first kappa shape index (κ1) is 18.3. The van der Waals surface area contributed by atoms with Gasteiger partial charge in [0.25, 0.3) is 0 Å². The molecule has 0 radical (unpaired) electrons. The fourth-order valence-corrected chi connectivity index (χ4v) is 4.38. The maximum Gasteiger partial charge on any atom is 0.241 e. The largest absolute Gasteiger partial charge is 0.493 e. The Morgan fingerprint density at radius 3 is 2.58 bits per heavy atom. The molecule has 2 amide bonds. The normalized spacial score (nSPS) is 18.8. The number of hydrogen-bond acceptors (Lipinski definition) is 5. The summed E-state index contributed by atoms with van der Waals surface area (Å²) in [5.74, 6) is -0.0269. The summed E-state index contributed by atoms with van der Waals surface area (Å²) in [6.07, 6.45) is 0.694. The molecule has 1 saturated heterocycles. The second kappa shape index (κ2) is 8.14. The Bertz CT molecular complexity index is 702. The predicted octanol–water partition coefficient (Wildman–Crippen LogP) is 0.736. The van der Waals surface area contributed by atoms with Gasteiger partial charge >= 0.3 is 0 Å². The minimum atomic E-state index is -3.00. The summed E-state index contributed by atoms with van der Waals surface area (Å²) in [7, 11) is -3.00. The van der Waals surface area contributed by atoms with E-state index in [0.29, 0.717) is 6.42 Å². The van der Waals surface area contributed by atoms with Crippen molar-refractivity contribution in [3.8, 4) is 5.75 Å². The lowest BCUT2D eigenvalue weighted by molar-refractivity contribution is -0.129. The van der Waals surface area contributed by atoms with Crippen LogP contribution < -0.4 is 15.6 Å². The van der Waals surface area contributed by atoms with Crippen LogP contribution in [0.15, 0.2) is 24.3 Å². The first-order chi connectivity index (χ1) is 11.4. The Morgan fingerprint density at radius 1 is 1.21 bits per heavy atom. The number of sulfone groups is 1. The summed E-state index contributed by atoms with van der Waals surface area (Å²) in [5.41, 5.74) is 5.60. The minimum absolute atomic E-state index is 0.0403. The quantitative estimate of drug-likeness (QED) is 0.734. The van der Waals surface area contributed by atoms with E-state index in [1.54, 1.807) is 0 Å². The van der Waals surface area contributed by atoms with E-state index < -0.39 is 9.84 Å². The molecule has 0 spiro atoms. The van der Waals surface area contributed by atoms with Crippen LogP contribution >= 0.6 is 0 Å². The maximum absolute atomic E-state index is 11.7. The standard InChI is InChI=1S/C16H22N2O5S/c1-12-4-2-3-5-14(12)23-8-6-15(19)17-18-16(20)10-13-7-9-24(21,22)11-13/h2-5,13H,6-11H2,1H3,(H,17,19)(H,18,20)/t13-/m1/s1. The van der Waals surface area contributed by atoms with Crippen LogP contribution in [0, 0.1) is 12.8 Å². The zero-order chi connectivity index (χ0) is 17.6. The number of hydrazine groups is 1. The predicted molar refractivity (Wildman–Crippen MR) is 89.0 cm³/mol. The van der Waals surface area contributed by atoms with E-state index >= 15 is 0 Å². The number of benzene rings is 1. The highest BCUT2D eigenvalue weighted by Gasteiger charge is 2.29. The number of amides is 2. The van der Waals surface area contributed by atoms with Crippen molar-refractivity contribution in [2.45, 2.75) is 26.2 Å². The lowest BCUT2D eigenvalue weighted by Gasteiger charge is -2.11. The molecule has 132 valence electrons. The summed E-state index contributed by atoms with van der Waals surface area (Å²) in [5, 5.41) is 0. The van der Waals surface area contributed by atoms with Gasteiger partial charge in [0.05, 0.1) is 24.5 Å². The van der Waals surface area contributed by atoms with Gasteiger partial charge in [-0.1, -0.05) is 18.2 Å². The molecule has 1 aromatic rings. The van der Waals surface area contributed by atoms with Gasteiger partial charge in [-0.25, -0.2) is 8.42 Å². The summed E-state index contributed by atoms with van der Waals surface area (Å²) in [4.78, 5) is 23.4. The highest BCUT2D eigenvalue weighted by Crippen LogP contribution is 2.21. The van der Waals surface area contributed by atoms with Crippen LogP contribution in [-0.2, 0) is 19.4 Å². The third kappa shape index (κ3) is 5.84. The van der Waals surface area contributed by atoms with Crippen molar-refractivity contribution in [3.05, 3.63) is 29.8 Å². The number of para-hydroxylation sites is 1. The summed E-state index contributed by atoms with van der Waals surface area (Å²) < 4.78 is 28.2. The number of rotatable bonds is 6. The van der Waals surface area contributed by atoms with Crippen LogP contribution in [0.3, 0.4) is 0 Å². The molecule has 8 heteroatoms. The number of carbonyl (C=O) groups is 2. The van der Waals surface area contributed by atoms with E-state index in [1.165, 1.54) is 0 Å². The molecule has 1 heterocycles. The van der Waals surface area contributed by atoms with Gasteiger partial charge in [-0.2, -0.15) is 0 Å². The Labute approximate surface area is 141 Å². The SMILES string of the molecule is Cc1ccccc1OCCC(=O)NNC(=O)C[C@H]1CCS(=O)(=O)C1. The van der Waals surface area contributed by atoms with Crippen molar-refractivity contribution in [3.63, 3.8) is 0 Å². The van der Waals surface area contributed by atoms with Crippen molar-refractivity contribution in [2.75, 3.05) is 18.1 Å². The molecule has 0 unspecified atom stereocenters. The van der Waals surface area contributed by atoms with Crippen LogP contribution in [0.2, 0.25) is 0 Å². The molecular weight excluding hydrogens is 332 g/mol. The van der Waals surface area contributed by atoms with Gasteiger partial charge < -0.3 is 4.74 Å². The van der Waals surface area contributed by atoms with Crippen LogP contribution in [0.1, 0.15) is 24.8 Å². The highest BCUT2D eigenvalue weighted by atomic mass is 32.2. The number of nitrogens with one attached hydrogen (secondary N) is 2. The van der Waals surface area contributed by atoms with Gasteiger partial charge in [0.1, 0.15) is 5.75 Å². The van der Waals surface area contributed by atoms with E-state index in [4.69, 9.17) is 4.74 Å². The number of hydrogen-bond donors (Lipinski definition) is 2. The molecular formula is C16H22N2O5S. The summed E-state index contributed by atoms with van der Waals surface area (Å²) in [6, 6.07) is 7.50. The summed E-state index contributed by atoms with van der Waals surface area (Å²) >= 11 is 0. The zero-order valence-electron chi connectivity index (χ0n) is 13.6. The zero-order valence-corrected chi connectivity index (χ0v) is 14.4. The van der Waals surface area contributed by atoms with E-state index in [-0.39, 0.29) is 48.7 Å². The molecule has 1 aromatic carbocycles. The van der Waals surface area contributed by atoms with Gasteiger partial charge in [0.2, 0.25) is 11.8 Å². The number of carbonyl (C=O) groups excluding carboxylic acids is 2. The first-order valence-corrected chi connectivity index (χ1v) is 9.64. The summed E-state index contributed by atoms with van der Waals surface area (Å²) in [6.45, 7) is 2.12. The Kier molecular flexibility index (Phi) is 6.19. The second-order valence-corrected chi connectivity index (χ2v) is 8.16. The highest BCUT2D eigenvalue weighted by molar-refractivity contribution is 7.91. The van der Waals surface area contributed by atoms with Gasteiger partial charge in [-0.05, 0) is 30.9 Å². The Hall–Kier alpha value is -2.09. The minimum Gasteiger partial charge on any atom is -0.493 e. The fourth-order valence-electron chi connectivity index (χ4n) is 2.52. The first-order valence-electron chi connectivity index (χ1n) is 7.82. The van der Waals surface area contributed by atoms with Crippen LogP contribution in [0.5, 0.6) is 5.75 Å². The monoisotopic (exact) mass is 354 g/mol. The van der Waals surface area contributed by atoms with Crippen molar-refractivity contribution in [1.82, 2.24) is 10.9 Å².